The zero-order valence-corrected chi connectivity index (χ0v) is 13.1. The largest absolute Gasteiger partial charge is 0.416 e. The van der Waals surface area contributed by atoms with E-state index >= 15 is 0 Å². The Labute approximate surface area is 141 Å². The number of hydrogen-bond donors (Lipinski definition) is 0. The number of fused-ring (bicyclic) bond motifs is 1. The Morgan fingerprint density at radius 2 is 1.54 bits per heavy atom. The first-order valence-corrected chi connectivity index (χ1v) is 8.09. The lowest BCUT2D eigenvalue weighted by atomic mass is 9.63. The molecule has 0 N–H and O–H groups in total. The predicted octanol–water partition coefficient (Wildman–Crippen LogP) is 4.06. The molecule has 3 nitrogen and oxygen atoms in total. The van der Waals surface area contributed by atoms with Crippen LogP contribution in [-0.2, 0) is 15.8 Å². The van der Waals surface area contributed by atoms with Crippen LogP contribution in [-0.4, -0.2) is 11.8 Å². The summed E-state index contributed by atoms with van der Waals surface area (Å²) in [4.78, 5) is 26.4. The number of nitrogens with zero attached hydrogens (tertiary/aromatic N) is 1. The van der Waals surface area contributed by atoms with Gasteiger partial charge in [0.05, 0.1) is 28.1 Å². The van der Waals surface area contributed by atoms with Gasteiger partial charge in [0.2, 0.25) is 11.8 Å². The van der Waals surface area contributed by atoms with E-state index in [-0.39, 0.29) is 22.5 Å². The third-order valence-electron chi connectivity index (χ3n) is 5.27. The maximum Gasteiger partial charge on any atom is 0.416 e. The molecular formula is C17H13ClF3NO2. The van der Waals surface area contributed by atoms with Gasteiger partial charge in [-0.3, -0.25) is 9.59 Å². The van der Waals surface area contributed by atoms with Crippen molar-refractivity contribution in [1.82, 2.24) is 0 Å². The monoisotopic (exact) mass is 355 g/mol. The van der Waals surface area contributed by atoms with Gasteiger partial charge >= 0.3 is 6.18 Å². The van der Waals surface area contributed by atoms with Gasteiger partial charge in [0.25, 0.3) is 0 Å². The van der Waals surface area contributed by atoms with Crippen LogP contribution in [0.1, 0.15) is 18.4 Å². The number of rotatable bonds is 1. The molecule has 7 heteroatoms. The minimum atomic E-state index is -4.57. The van der Waals surface area contributed by atoms with Crippen molar-refractivity contribution in [2.75, 3.05) is 4.90 Å². The summed E-state index contributed by atoms with van der Waals surface area (Å²) in [5.41, 5.74) is -1.10. The Morgan fingerprint density at radius 1 is 1.00 bits per heavy atom. The molecule has 0 aromatic heterocycles. The first-order valence-electron chi connectivity index (χ1n) is 7.72. The van der Waals surface area contributed by atoms with E-state index in [1.165, 1.54) is 0 Å². The summed E-state index contributed by atoms with van der Waals surface area (Å²) < 4.78 is 38.9. The standard InChI is InChI=1S/C17H13ClF3NO2/c18-11-6-5-10(17(19,20)21)7-12(11)22-15(23)13-8-1-2-9(4-3-8)14(13)16(22)24/h1-2,5-9,13-14H,3-4H2/t8-,9-,13+,14+/m1/s1. The second kappa shape index (κ2) is 5.09. The number of alkyl halides is 3. The van der Waals surface area contributed by atoms with Crippen LogP contribution < -0.4 is 4.90 Å². The van der Waals surface area contributed by atoms with Crippen molar-refractivity contribution < 1.29 is 22.8 Å². The summed E-state index contributed by atoms with van der Waals surface area (Å²) in [6, 6.07) is 2.70. The SMILES string of the molecule is O=C1[C@@H]2[C@@H](C(=O)N1c1cc(C(F)(F)F)ccc1Cl)[C@@H]1C=C[C@@H]2CC1. The maximum absolute atomic E-state index is 13.0. The maximum atomic E-state index is 13.0. The topological polar surface area (TPSA) is 37.4 Å². The molecule has 1 saturated carbocycles. The van der Waals surface area contributed by atoms with E-state index in [0.717, 1.165) is 35.9 Å². The van der Waals surface area contributed by atoms with E-state index in [9.17, 15) is 22.8 Å². The highest BCUT2D eigenvalue weighted by molar-refractivity contribution is 6.36. The Hall–Kier alpha value is -1.82. The predicted molar refractivity (Wildman–Crippen MR) is 81.3 cm³/mol. The quantitative estimate of drug-likeness (QED) is 0.562. The highest BCUT2D eigenvalue weighted by atomic mass is 35.5. The fourth-order valence-corrected chi connectivity index (χ4v) is 4.37. The van der Waals surface area contributed by atoms with E-state index in [1.54, 1.807) is 0 Å². The summed E-state index contributed by atoms with van der Waals surface area (Å²) in [5.74, 6) is -1.88. The summed E-state index contributed by atoms with van der Waals surface area (Å²) in [5, 5.41) is -0.0383. The molecule has 1 saturated heterocycles. The molecule has 2 bridgehead atoms. The average molecular weight is 356 g/mol. The molecule has 1 aromatic carbocycles. The molecule has 2 fully saturated rings. The molecule has 126 valence electrons. The Kier molecular flexibility index (Phi) is 3.33. The van der Waals surface area contributed by atoms with Crippen LogP contribution in [0.15, 0.2) is 30.4 Å². The number of carbonyl (C=O) groups is 2. The average Bonchev–Trinajstić information content (AvgIpc) is 2.82. The summed E-state index contributed by atoms with van der Waals surface area (Å²) >= 11 is 6.01. The van der Waals surface area contributed by atoms with Crippen LogP contribution in [0.4, 0.5) is 18.9 Å². The highest BCUT2D eigenvalue weighted by Gasteiger charge is 2.57. The van der Waals surface area contributed by atoms with E-state index in [2.05, 4.69) is 0 Å². The van der Waals surface area contributed by atoms with Crippen LogP contribution in [0.2, 0.25) is 5.02 Å². The minimum absolute atomic E-state index is 0.0222. The molecular weight excluding hydrogens is 343 g/mol. The molecule has 3 aliphatic carbocycles. The summed E-state index contributed by atoms with van der Waals surface area (Å²) in [6.45, 7) is 0. The second-order valence-electron chi connectivity index (χ2n) is 6.52. The van der Waals surface area contributed by atoms with Crippen molar-refractivity contribution in [2.45, 2.75) is 19.0 Å². The van der Waals surface area contributed by atoms with Crippen molar-refractivity contribution in [3.05, 3.63) is 40.9 Å². The first-order chi connectivity index (χ1) is 11.3. The Morgan fingerprint density at radius 3 is 2.00 bits per heavy atom. The van der Waals surface area contributed by atoms with Crippen LogP contribution in [0, 0.1) is 23.7 Å². The van der Waals surface area contributed by atoms with Gasteiger partial charge in [-0.15, -0.1) is 0 Å². The molecule has 5 rings (SSSR count). The van der Waals surface area contributed by atoms with Gasteiger partial charge in [-0.25, -0.2) is 4.90 Å². The van der Waals surface area contributed by atoms with Gasteiger partial charge in [0.15, 0.2) is 0 Å². The number of imide groups is 1. The van der Waals surface area contributed by atoms with Crippen molar-refractivity contribution in [1.29, 1.82) is 0 Å². The Balaban J connectivity index is 1.78. The molecule has 1 aliphatic heterocycles. The van der Waals surface area contributed by atoms with Gasteiger partial charge < -0.3 is 0 Å². The van der Waals surface area contributed by atoms with Crippen molar-refractivity contribution in [3.8, 4) is 0 Å². The molecule has 24 heavy (non-hydrogen) atoms. The number of allylic oxidation sites excluding steroid dienone is 2. The fourth-order valence-electron chi connectivity index (χ4n) is 4.17. The second-order valence-corrected chi connectivity index (χ2v) is 6.92. The highest BCUT2D eigenvalue weighted by Crippen LogP contribution is 2.51. The number of benzene rings is 1. The minimum Gasteiger partial charge on any atom is -0.274 e. The summed E-state index contributed by atoms with van der Waals surface area (Å²) in [7, 11) is 0. The van der Waals surface area contributed by atoms with Gasteiger partial charge in [-0.05, 0) is 42.9 Å². The number of hydrogen-bond acceptors (Lipinski definition) is 2. The number of amides is 2. The van der Waals surface area contributed by atoms with Crippen LogP contribution in [0.3, 0.4) is 0 Å². The van der Waals surface area contributed by atoms with Crippen molar-refractivity contribution in [3.63, 3.8) is 0 Å². The smallest absolute Gasteiger partial charge is 0.274 e. The van der Waals surface area contributed by atoms with E-state index in [0.29, 0.717) is 0 Å². The summed E-state index contributed by atoms with van der Waals surface area (Å²) in [6.07, 6.45) is 0.991. The third-order valence-corrected chi connectivity index (χ3v) is 5.59. The van der Waals surface area contributed by atoms with Crippen molar-refractivity contribution in [2.24, 2.45) is 23.7 Å². The van der Waals surface area contributed by atoms with Crippen molar-refractivity contribution >= 4 is 29.1 Å². The molecule has 0 spiro atoms. The lowest BCUT2D eigenvalue weighted by Gasteiger charge is -2.38. The molecule has 2 amide bonds. The van der Waals surface area contributed by atoms with Crippen LogP contribution >= 0.6 is 11.6 Å². The van der Waals surface area contributed by atoms with Gasteiger partial charge in [-0.2, -0.15) is 13.2 Å². The van der Waals surface area contributed by atoms with E-state index < -0.39 is 35.4 Å². The van der Waals surface area contributed by atoms with Crippen LogP contribution in [0.5, 0.6) is 0 Å². The van der Waals surface area contributed by atoms with E-state index in [1.807, 2.05) is 12.2 Å². The molecule has 1 aromatic rings. The number of halogens is 4. The number of carbonyl (C=O) groups excluding carboxylic acids is 2. The van der Waals surface area contributed by atoms with Crippen LogP contribution in [0.25, 0.3) is 0 Å². The lowest BCUT2D eigenvalue weighted by Crippen LogP contribution is -2.38. The fraction of sp³-hybridized carbons (Fsp3) is 0.412. The lowest BCUT2D eigenvalue weighted by molar-refractivity contribution is -0.137. The zero-order valence-electron chi connectivity index (χ0n) is 12.4. The zero-order chi connectivity index (χ0) is 17.2. The van der Waals surface area contributed by atoms with Gasteiger partial charge in [0.1, 0.15) is 0 Å². The normalized spacial score (nSPS) is 31.8. The Bertz CT molecular complexity index is 742. The third kappa shape index (κ3) is 2.12. The molecule has 4 atom stereocenters. The first kappa shape index (κ1) is 15.7. The molecule has 1 heterocycles. The van der Waals surface area contributed by atoms with Gasteiger partial charge in [-0.1, -0.05) is 23.8 Å². The molecule has 0 radical (unpaired) electrons. The van der Waals surface area contributed by atoms with Gasteiger partial charge in [0, 0.05) is 0 Å². The number of anilines is 1. The van der Waals surface area contributed by atoms with E-state index in [4.69, 9.17) is 11.6 Å². The molecule has 4 aliphatic rings. The molecule has 0 unspecified atom stereocenters.